The third kappa shape index (κ3) is 2.74. The highest BCUT2D eigenvalue weighted by atomic mass is 35.5. The van der Waals surface area contributed by atoms with Crippen LogP contribution < -0.4 is 5.32 Å². The molecule has 3 heteroatoms. The molecule has 0 saturated carbocycles. The number of carbonyl (C=O) groups excluding carboxylic acids is 1. The topological polar surface area (TPSA) is 29.1 Å². The molecular formula is C11H14ClNO. The molecule has 1 amide bonds. The number of carbonyl (C=O) groups is 1. The van der Waals surface area contributed by atoms with Gasteiger partial charge < -0.3 is 5.32 Å². The lowest BCUT2D eigenvalue weighted by Crippen LogP contribution is -2.26. The Kier molecular flexibility index (Phi) is 3.96. The van der Waals surface area contributed by atoms with Crippen molar-refractivity contribution in [3.05, 3.63) is 34.9 Å². The molecule has 0 aliphatic carbocycles. The second-order valence-electron chi connectivity index (χ2n) is 3.26. The highest BCUT2D eigenvalue weighted by molar-refractivity contribution is 6.18. The quantitative estimate of drug-likeness (QED) is 0.764. The molecule has 0 aliphatic heterocycles. The van der Waals surface area contributed by atoms with Crippen molar-refractivity contribution in [3.8, 4) is 0 Å². The molecule has 0 aliphatic rings. The zero-order chi connectivity index (χ0) is 10.6. The number of aryl methyl sites for hydroxylation is 2. The predicted octanol–water partition coefficient (Wildman–Crippen LogP) is 2.27. The van der Waals surface area contributed by atoms with Crippen LogP contribution >= 0.6 is 11.6 Å². The molecule has 0 fully saturated rings. The average Bonchev–Trinajstić information content (AvgIpc) is 2.18. The first-order valence-electron chi connectivity index (χ1n) is 4.56. The zero-order valence-corrected chi connectivity index (χ0v) is 9.19. The van der Waals surface area contributed by atoms with Crippen LogP contribution in [0.5, 0.6) is 0 Å². The molecule has 0 saturated heterocycles. The fraction of sp³-hybridized carbons (Fsp3) is 0.364. The largest absolute Gasteiger partial charge is 0.351 e. The minimum atomic E-state index is -0.0492. The Morgan fingerprint density at radius 3 is 2.79 bits per heavy atom. The van der Waals surface area contributed by atoms with E-state index in [-0.39, 0.29) is 5.91 Å². The van der Waals surface area contributed by atoms with E-state index >= 15 is 0 Å². The first kappa shape index (κ1) is 11.1. The first-order chi connectivity index (χ1) is 6.65. The van der Waals surface area contributed by atoms with Gasteiger partial charge in [0.2, 0.25) is 0 Å². The van der Waals surface area contributed by atoms with Crippen molar-refractivity contribution in [3.63, 3.8) is 0 Å². The Balaban J connectivity index is 2.83. The number of hydrogen-bond donors (Lipinski definition) is 1. The highest BCUT2D eigenvalue weighted by Crippen LogP contribution is 2.10. The van der Waals surface area contributed by atoms with Crippen LogP contribution in [-0.2, 0) is 0 Å². The van der Waals surface area contributed by atoms with Gasteiger partial charge in [0.15, 0.2) is 0 Å². The van der Waals surface area contributed by atoms with Crippen molar-refractivity contribution >= 4 is 17.5 Å². The molecule has 0 spiro atoms. The Hall–Kier alpha value is -1.02. The van der Waals surface area contributed by atoms with Crippen molar-refractivity contribution in [2.45, 2.75) is 13.8 Å². The van der Waals surface area contributed by atoms with Crippen LogP contribution in [0, 0.1) is 13.8 Å². The lowest BCUT2D eigenvalue weighted by Gasteiger charge is -2.06. The number of hydrogen-bond acceptors (Lipinski definition) is 1. The predicted molar refractivity (Wildman–Crippen MR) is 59.0 cm³/mol. The van der Waals surface area contributed by atoms with Crippen LogP contribution in [0.25, 0.3) is 0 Å². The normalized spacial score (nSPS) is 9.93. The van der Waals surface area contributed by atoms with E-state index in [0.717, 1.165) is 16.7 Å². The molecule has 0 unspecified atom stereocenters. The van der Waals surface area contributed by atoms with E-state index in [0.29, 0.717) is 12.4 Å². The van der Waals surface area contributed by atoms with E-state index in [2.05, 4.69) is 5.32 Å². The molecule has 0 atom stereocenters. The molecule has 1 aromatic rings. The molecule has 0 heterocycles. The SMILES string of the molecule is Cc1ccc(C)c(C(=O)NCCCl)c1. The number of nitrogens with one attached hydrogen (secondary N) is 1. The van der Waals surface area contributed by atoms with Crippen molar-refractivity contribution in [2.24, 2.45) is 0 Å². The fourth-order valence-corrected chi connectivity index (χ4v) is 1.33. The minimum absolute atomic E-state index is 0.0492. The van der Waals surface area contributed by atoms with Gasteiger partial charge in [0, 0.05) is 18.0 Å². The average molecular weight is 212 g/mol. The van der Waals surface area contributed by atoms with Crippen LogP contribution in [0.1, 0.15) is 21.5 Å². The maximum Gasteiger partial charge on any atom is 0.251 e. The van der Waals surface area contributed by atoms with Crippen molar-refractivity contribution in [1.82, 2.24) is 5.32 Å². The third-order valence-corrected chi connectivity index (χ3v) is 2.21. The molecule has 14 heavy (non-hydrogen) atoms. The van der Waals surface area contributed by atoms with Crippen molar-refractivity contribution < 1.29 is 4.79 Å². The van der Waals surface area contributed by atoms with E-state index in [4.69, 9.17) is 11.6 Å². The Labute approximate surface area is 89.3 Å². The van der Waals surface area contributed by atoms with E-state index in [1.165, 1.54) is 0 Å². The summed E-state index contributed by atoms with van der Waals surface area (Å²) in [5.74, 6) is 0.392. The lowest BCUT2D eigenvalue weighted by atomic mass is 10.1. The Bertz CT molecular complexity index is 336. The van der Waals surface area contributed by atoms with Crippen LogP contribution in [0.3, 0.4) is 0 Å². The number of benzene rings is 1. The van der Waals surface area contributed by atoms with Gasteiger partial charge in [-0.2, -0.15) is 0 Å². The van der Waals surface area contributed by atoms with Gasteiger partial charge in [0.25, 0.3) is 5.91 Å². The maximum absolute atomic E-state index is 11.6. The van der Waals surface area contributed by atoms with E-state index in [1.54, 1.807) is 0 Å². The highest BCUT2D eigenvalue weighted by Gasteiger charge is 2.07. The van der Waals surface area contributed by atoms with Gasteiger partial charge in [-0.05, 0) is 25.5 Å². The van der Waals surface area contributed by atoms with E-state index in [1.807, 2.05) is 32.0 Å². The summed E-state index contributed by atoms with van der Waals surface area (Å²) >= 11 is 5.49. The van der Waals surface area contributed by atoms with Crippen LogP contribution in [0.4, 0.5) is 0 Å². The van der Waals surface area contributed by atoms with Crippen LogP contribution in [0.15, 0.2) is 18.2 Å². The Morgan fingerprint density at radius 1 is 1.43 bits per heavy atom. The summed E-state index contributed by atoms with van der Waals surface area (Å²) in [5.41, 5.74) is 2.81. The number of amides is 1. The first-order valence-corrected chi connectivity index (χ1v) is 5.10. The molecule has 2 nitrogen and oxygen atoms in total. The molecule has 0 radical (unpaired) electrons. The minimum Gasteiger partial charge on any atom is -0.351 e. The van der Waals surface area contributed by atoms with Gasteiger partial charge in [0.1, 0.15) is 0 Å². The van der Waals surface area contributed by atoms with Gasteiger partial charge in [0.05, 0.1) is 0 Å². The molecule has 1 N–H and O–H groups in total. The maximum atomic E-state index is 11.6. The van der Waals surface area contributed by atoms with E-state index in [9.17, 15) is 4.79 Å². The van der Waals surface area contributed by atoms with Gasteiger partial charge in [-0.1, -0.05) is 17.7 Å². The zero-order valence-electron chi connectivity index (χ0n) is 8.43. The third-order valence-electron chi connectivity index (χ3n) is 2.02. The van der Waals surface area contributed by atoms with Crippen molar-refractivity contribution in [2.75, 3.05) is 12.4 Å². The summed E-state index contributed by atoms with van der Waals surface area (Å²) in [5, 5.41) is 2.75. The van der Waals surface area contributed by atoms with Crippen LogP contribution in [-0.4, -0.2) is 18.3 Å². The standard InChI is InChI=1S/C11H14ClNO/c1-8-3-4-9(2)10(7-8)11(14)13-6-5-12/h3-4,7H,5-6H2,1-2H3,(H,13,14). The molecule has 1 rings (SSSR count). The van der Waals surface area contributed by atoms with Gasteiger partial charge in [-0.15, -0.1) is 11.6 Å². The fourth-order valence-electron chi connectivity index (χ4n) is 1.24. The summed E-state index contributed by atoms with van der Waals surface area (Å²) in [6, 6.07) is 5.83. The monoisotopic (exact) mass is 211 g/mol. The molecule has 0 aromatic heterocycles. The number of halogens is 1. The molecule has 76 valence electrons. The van der Waals surface area contributed by atoms with Gasteiger partial charge in [-0.3, -0.25) is 4.79 Å². The van der Waals surface area contributed by atoms with Gasteiger partial charge >= 0.3 is 0 Å². The number of alkyl halides is 1. The smallest absolute Gasteiger partial charge is 0.251 e. The molecule has 1 aromatic carbocycles. The summed E-state index contributed by atoms with van der Waals surface area (Å²) in [6.07, 6.45) is 0. The lowest BCUT2D eigenvalue weighted by molar-refractivity contribution is 0.0955. The summed E-state index contributed by atoms with van der Waals surface area (Å²) in [4.78, 5) is 11.6. The molecule has 0 bridgehead atoms. The summed E-state index contributed by atoms with van der Waals surface area (Å²) < 4.78 is 0. The van der Waals surface area contributed by atoms with Crippen molar-refractivity contribution in [1.29, 1.82) is 0 Å². The second kappa shape index (κ2) is 5.01. The van der Waals surface area contributed by atoms with E-state index < -0.39 is 0 Å². The summed E-state index contributed by atoms with van der Waals surface area (Å²) in [6.45, 7) is 4.40. The number of rotatable bonds is 3. The molecular weight excluding hydrogens is 198 g/mol. The van der Waals surface area contributed by atoms with Crippen LogP contribution in [0.2, 0.25) is 0 Å². The second-order valence-corrected chi connectivity index (χ2v) is 3.64. The summed E-state index contributed by atoms with van der Waals surface area (Å²) in [7, 11) is 0. The van der Waals surface area contributed by atoms with Gasteiger partial charge in [-0.25, -0.2) is 0 Å². The Morgan fingerprint density at radius 2 is 2.14 bits per heavy atom.